The Morgan fingerprint density at radius 1 is 1.29 bits per heavy atom. The quantitative estimate of drug-likeness (QED) is 0.845. The fourth-order valence-electron chi connectivity index (χ4n) is 2.29. The van der Waals surface area contributed by atoms with Crippen LogP contribution in [0.5, 0.6) is 5.75 Å². The van der Waals surface area contributed by atoms with Gasteiger partial charge in [0.1, 0.15) is 11.6 Å². The van der Waals surface area contributed by atoms with Crippen LogP contribution >= 0.6 is 0 Å². The first-order chi connectivity index (χ1) is 11.6. The third-order valence-corrected chi connectivity index (χ3v) is 3.92. The summed E-state index contributed by atoms with van der Waals surface area (Å²) in [5, 5.41) is 9.77. The molecule has 7 heteroatoms. The Hall–Kier alpha value is -2.83. The molecule has 2 N–H and O–H groups in total. The van der Waals surface area contributed by atoms with E-state index in [4.69, 9.17) is 4.74 Å². The average Bonchev–Trinajstić information content (AvgIpc) is 3.38. The number of aryl methyl sites for hydroxylation is 1. The first-order valence-corrected chi connectivity index (χ1v) is 7.83. The Kier molecular flexibility index (Phi) is 4.50. The lowest BCUT2D eigenvalue weighted by atomic mass is 10.2. The smallest absolute Gasteiger partial charge is 0.272 e. The summed E-state index contributed by atoms with van der Waals surface area (Å²) in [5.74, 6) is 1.11. The number of amides is 2. The van der Waals surface area contributed by atoms with E-state index >= 15 is 0 Å². The SMILES string of the molecule is COc1ccc(CNC(=O)c2cc(NC(=O)C3CC3)n(C)n2)cc1. The van der Waals surface area contributed by atoms with Crippen LogP contribution in [0.3, 0.4) is 0 Å². The van der Waals surface area contributed by atoms with Crippen molar-refractivity contribution in [2.24, 2.45) is 13.0 Å². The third kappa shape index (κ3) is 3.73. The summed E-state index contributed by atoms with van der Waals surface area (Å²) < 4.78 is 6.60. The highest BCUT2D eigenvalue weighted by molar-refractivity contribution is 5.96. The number of carbonyl (C=O) groups excluding carboxylic acids is 2. The molecule has 1 aliphatic rings. The van der Waals surface area contributed by atoms with Gasteiger partial charge in [0.05, 0.1) is 7.11 Å². The van der Waals surface area contributed by atoms with Gasteiger partial charge in [0.2, 0.25) is 5.91 Å². The fourth-order valence-corrected chi connectivity index (χ4v) is 2.29. The highest BCUT2D eigenvalue weighted by Crippen LogP contribution is 2.30. The van der Waals surface area contributed by atoms with E-state index in [2.05, 4.69) is 15.7 Å². The Morgan fingerprint density at radius 3 is 2.62 bits per heavy atom. The van der Waals surface area contributed by atoms with Crippen molar-refractivity contribution in [3.63, 3.8) is 0 Å². The molecule has 1 aromatic carbocycles. The molecular formula is C17H20N4O3. The molecule has 1 aromatic heterocycles. The lowest BCUT2D eigenvalue weighted by Gasteiger charge is -2.04. The number of nitrogens with one attached hydrogen (secondary N) is 2. The number of nitrogens with zero attached hydrogens (tertiary/aromatic N) is 2. The minimum Gasteiger partial charge on any atom is -0.497 e. The summed E-state index contributed by atoms with van der Waals surface area (Å²) in [7, 11) is 3.31. The summed E-state index contributed by atoms with van der Waals surface area (Å²) >= 11 is 0. The molecule has 7 nitrogen and oxygen atoms in total. The summed E-state index contributed by atoms with van der Waals surface area (Å²) in [6.07, 6.45) is 1.86. The van der Waals surface area contributed by atoms with Crippen LogP contribution in [0.25, 0.3) is 0 Å². The fraction of sp³-hybridized carbons (Fsp3) is 0.353. The van der Waals surface area contributed by atoms with Crippen molar-refractivity contribution in [3.8, 4) is 5.75 Å². The van der Waals surface area contributed by atoms with Gasteiger partial charge in [0, 0.05) is 25.6 Å². The predicted molar refractivity (Wildman–Crippen MR) is 88.7 cm³/mol. The molecule has 0 atom stereocenters. The molecule has 1 fully saturated rings. The van der Waals surface area contributed by atoms with Crippen molar-refractivity contribution < 1.29 is 14.3 Å². The van der Waals surface area contributed by atoms with Crippen molar-refractivity contribution >= 4 is 17.6 Å². The van der Waals surface area contributed by atoms with Gasteiger partial charge < -0.3 is 15.4 Å². The number of rotatable bonds is 6. The van der Waals surface area contributed by atoms with E-state index in [-0.39, 0.29) is 23.4 Å². The van der Waals surface area contributed by atoms with Gasteiger partial charge in [0.15, 0.2) is 5.69 Å². The maximum absolute atomic E-state index is 12.2. The maximum atomic E-state index is 12.2. The summed E-state index contributed by atoms with van der Waals surface area (Å²) in [6, 6.07) is 9.04. The van der Waals surface area contributed by atoms with Gasteiger partial charge in [-0.05, 0) is 30.5 Å². The molecule has 0 radical (unpaired) electrons. The molecule has 0 spiro atoms. The van der Waals surface area contributed by atoms with Gasteiger partial charge in [-0.2, -0.15) is 5.10 Å². The van der Waals surface area contributed by atoms with E-state index in [0.717, 1.165) is 24.2 Å². The van der Waals surface area contributed by atoms with E-state index in [9.17, 15) is 9.59 Å². The molecule has 0 saturated heterocycles. The zero-order valence-corrected chi connectivity index (χ0v) is 13.7. The molecule has 1 saturated carbocycles. The monoisotopic (exact) mass is 328 g/mol. The summed E-state index contributed by atoms with van der Waals surface area (Å²) in [5.41, 5.74) is 1.24. The van der Waals surface area contributed by atoms with Crippen LogP contribution in [0, 0.1) is 5.92 Å². The number of ether oxygens (including phenoxy) is 1. The van der Waals surface area contributed by atoms with Gasteiger partial charge in [-0.15, -0.1) is 0 Å². The molecule has 126 valence electrons. The summed E-state index contributed by atoms with van der Waals surface area (Å²) in [4.78, 5) is 24.0. The zero-order chi connectivity index (χ0) is 17.1. The van der Waals surface area contributed by atoms with Gasteiger partial charge >= 0.3 is 0 Å². The molecule has 2 aromatic rings. The van der Waals surface area contributed by atoms with Crippen LogP contribution < -0.4 is 15.4 Å². The zero-order valence-electron chi connectivity index (χ0n) is 13.7. The van der Waals surface area contributed by atoms with Crippen LogP contribution in [0.4, 0.5) is 5.82 Å². The topological polar surface area (TPSA) is 85.3 Å². The van der Waals surface area contributed by atoms with E-state index < -0.39 is 0 Å². The van der Waals surface area contributed by atoms with Crippen LogP contribution in [-0.4, -0.2) is 28.7 Å². The van der Waals surface area contributed by atoms with Crippen molar-refractivity contribution in [2.45, 2.75) is 19.4 Å². The molecule has 1 aliphatic carbocycles. The average molecular weight is 328 g/mol. The van der Waals surface area contributed by atoms with Crippen LogP contribution in [0.1, 0.15) is 28.9 Å². The molecule has 2 amide bonds. The standard InChI is InChI=1S/C17H20N4O3/c1-21-15(19-16(22)12-5-6-12)9-14(20-21)17(23)18-10-11-3-7-13(24-2)8-4-11/h3-4,7-9,12H,5-6,10H2,1-2H3,(H,18,23)(H,19,22). The normalized spacial score (nSPS) is 13.4. The second kappa shape index (κ2) is 6.74. The molecule has 24 heavy (non-hydrogen) atoms. The Morgan fingerprint density at radius 2 is 2.00 bits per heavy atom. The molecule has 0 bridgehead atoms. The maximum Gasteiger partial charge on any atom is 0.272 e. The van der Waals surface area contributed by atoms with Gasteiger partial charge in [-0.3, -0.25) is 14.3 Å². The Labute approximate surface area is 140 Å². The molecule has 0 unspecified atom stereocenters. The number of methoxy groups -OCH3 is 1. The van der Waals surface area contributed by atoms with Gasteiger partial charge in [-0.1, -0.05) is 12.1 Å². The van der Waals surface area contributed by atoms with E-state index in [1.165, 1.54) is 4.68 Å². The van der Waals surface area contributed by atoms with Gasteiger partial charge in [0.25, 0.3) is 5.91 Å². The molecule has 1 heterocycles. The number of carbonyl (C=O) groups is 2. The largest absolute Gasteiger partial charge is 0.497 e. The second-order valence-electron chi connectivity index (χ2n) is 5.83. The van der Waals surface area contributed by atoms with E-state index in [0.29, 0.717) is 12.4 Å². The molecule has 3 rings (SSSR count). The second-order valence-corrected chi connectivity index (χ2v) is 5.83. The number of hydrogen-bond donors (Lipinski definition) is 2. The molecule has 0 aliphatic heterocycles. The van der Waals surface area contributed by atoms with Crippen LogP contribution in [0.2, 0.25) is 0 Å². The van der Waals surface area contributed by atoms with E-state index in [1.54, 1.807) is 20.2 Å². The van der Waals surface area contributed by atoms with Crippen LogP contribution in [0.15, 0.2) is 30.3 Å². The Bertz CT molecular complexity index is 748. The lowest BCUT2D eigenvalue weighted by Crippen LogP contribution is -2.23. The number of aromatic nitrogens is 2. The first kappa shape index (κ1) is 16.0. The molecular weight excluding hydrogens is 308 g/mol. The van der Waals surface area contributed by atoms with Crippen molar-refractivity contribution in [1.29, 1.82) is 0 Å². The van der Waals surface area contributed by atoms with Gasteiger partial charge in [-0.25, -0.2) is 0 Å². The lowest BCUT2D eigenvalue weighted by molar-refractivity contribution is -0.117. The number of hydrogen-bond acceptors (Lipinski definition) is 4. The summed E-state index contributed by atoms with van der Waals surface area (Å²) in [6.45, 7) is 0.392. The van der Waals surface area contributed by atoms with Crippen LogP contribution in [-0.2, 0) is 18.4 Å². The first-order valence-electron chi connectivity index (χ1n) is 7.83. The minimum absolute atomic E-state index is 0.0109. The highest BCUT2D eigenvalue weighted by atomic mass is 16.5. The Balaban J connectivity index is 1.58. The third-order valence-electron chi connectivity index (χ3n) is 3.92. The highest BCUT2D eigenvalue weighted by Gasteiger charge is 2.30. The number of anilines is 1. The van der Waals surface area contributed by atoms with E-state index in [1.807, 2.05) is 24.3 Å². The van der Waals surface area contributed by atoms with Crippen molar-refractivity contribution in [2.75, 3.05) is 12.4 Å². The van der Waals surface area contributed by atoms with Crippen molar-refractivity contribution in [1.82, 2.24) is 15.1 Å². The number of benzene rings is 1. The minimum atomic E-state index is -0.284. The van der Waals surface area contributed by atoms with Crippen molar-refractivity contribution in [3.05, 3.63) is 41.6 Å². The predicted octanol–water partition coefficient (Wildman–Crippen LogP) is 1.71.